The van der Waals surface area contributed by atoms with E-state index in [-0.39, 0.29) is 11.5 Å². The summed E-state index contributed by atoms with van der Waals surface area (Å²) in [6, 6.07) is 1.99. The Bertz CT molecular complexity index is 819. The van der Waals surface area contributed by atoms with Crippen LogP contribution in [0.4, 0.5) is 0 Å². The highest BCUT2D eigenvalue weighted by Gasteiger charge is 2.34. The Hall–Kier alpha value is -2.87. The van der Waals surface area contributed by atoms with Gasteiger partial charge >= 0.3 is 0 Å². The maximum Gasteiger partial charge on any atom is 0.271 e. The average molecular weight is 394 g/mol. The third kappa shape index (κ3) is 5.80. The first-order valence-corrected chi connectivity index (χ1v) is 10.4. The third-order valence-corrected chi connectivity index (χ3v) is 5.00. The monoisotopic (exact) mass is 393 g/mol. The molecule has 0 bridgehead atoms. The van der Waals surface area contributed by atoms with Crippen molar-refractivity contribution in [3.8, 4) is 6.07 Å². The lowest BCUT2D eigenvalue weighted by Crippen LogP contribution is -2.43. The number of allylic oxidation sites excluding steroid dienone is 5. The van der Waals surface area contributed by atoms with Crippen molar-refractivity contribution >= 4 is 11.8 Å². The van der Waals surface area contributed by atoms with E-state index in [1.54, 1.807) is 13.0 Å². The molecule has 0 saturated heterocycles. The summed E-state index contributed by atoms with van der Waals surface area (Å²) in [5.74, 6) is -0.224. The molecule has 29 heavy (non-hydrogen) atoms. The van der Waals surface area contributed by atoms with E-state index in [1.165, 1.54) is 4.90 Å². The van der Waals surface area contributed by atoms with Crippen molar-refractivity contribution in [2.75, 3.05) is 13.1 Å². The number of nitriles is 1. The molecular formula is C24H31N3O2. The van der Waals surface area contributed by atoms with E-state index in [0.717, 1.165) is 37.8 Å². The molecule has 0 atom stereocenters. The Morgan fingerprint density at radius 2 is 1.76 bits per heavy atom. The van der Waals surface area contributed by atoms with Gasteiger partial charge < -0.3 is 4.90 Å². The lowest BCUT2D eigenvalue weighted by Gasteiger charge is -2.27. The van der Waals surface area contributed by atoms with E-state index < -0.39 is 5.91 Å². The molecular weight excluding hydrogens is 362 g/mol. The van der Waals surface area contributed by atoms with Crippen LogP contribution < -0.4 is 0 Å². The van der Waals surface area contributed by atoms with E-state index in [9.17, 15) is 14.9 Å². The summed E-state index contributed by atoms with van der Waals surface area (Å²) in [5, 5.41) is 9.44. The van der Waals surface area contributed by atoms with Crippen LogP contribution in [0.1, 0.15) is 53.4 Å². The molecule has 5 nitrogen and oxygen atoms in total. The molecule has 0 aromatic heterocycles. The molecule has 0 N–H and O–H groups in total. The summed E-state index contributed by atoms with van der Waals surface area (Å²) in [4.78, 5) is 28.9. The van der Waals surface area contributed by atoms with Gasteiger partial charge in [-0.3, -0.25) is 14.5 Å². The number of amides is 2. The van der Waals surface area contributed by atoms with E-state index in [2.05, 4.69) is 25.7 Å². The Labute approximate surface area is 174 Å². The van der Waals surface area contributed by atoms with Crippen LogP contribution in [0.15, 0.2) is 59.0 Å². The number of hydrogen-bond donors (Lipinski definition) is 0. The summed E-state index contributed by atoms with van der Waals surface area (Å²) in [5.41, 5.74) is 1.88. The zero-order valence-electron chi connectivity index (χ0n) is 17.9. The van der Waals surface area contributed by atoms with Crippen molar-refractivity contribution in [2.24, 2.45) is 5.92 Å². The van der Waals surface area contributed by atoms with Gasteiger partial charge in [-0.2, -0.15) is 5.26 Å². The molecule has 0 spiro atoms. The van der Waals surface area contributed by atoms with Crippen LogP contribution in [0.2, 0.25) is 0 Å². The SMILES string of the molecule is CCCCCCN1C(=O)C(C#N)=C(C)/C(=C/C=C2C=CN(CC(C)C)C=C2)C1=O. The van der Waals surface area contributed by atoms with Gasteiger partial charge in [0, 0.05) is 31.1 Å². The van der Waals surface area contributed by atoms with E-state index in [4.69, 9.17) is 0 Å². The van der Waals surface area contributed by atoms with Crippen molar-refractivity contribution in [1.29, 1.82) is 5.26 Å². The topological polar surface area (TPSA) is 64.4 Å². The molecule has 2 aliphatic heterocycles. The molecule has 0 radical (unpaired) electrons. The molecule has 0 aromatic rings. The zero-order valence-corrected chi connectivity index (χ0v) is 17.9. The first-order chi connectivity index (χ1) is 13.9. The second-order valence-corrected chi connectivity index (χ2v) is 7.90. The predicted octanol–water partition coefficient (Wildman–Crippen LogP) is 4.63. The number of carbonyl (C=O) groups is 2. The highest BCUT2D eigenvalue weighted by molar-refractivity contribution is 6.18. The molecule has 0 unspecified atom stereocenters. The van der Waals surface area contributed by atoms with Crippen LogP contribution >= 0.6 is 0 Å². The minimum atomic E-state index is -0.474. The largest absolute Gasteiger partial charge is 0.354 e. The molecule has 2 rings (SSSR count). The molecule has 0 aliphatic carbocycles. The number of hydrogen-bond acceptors (Lipinski definition) is 4. The second kappa shape index (κ2) is 10.6. The number of carbonyl (C=O) groups excluding carboxylic acids is 2. The molecule has 2 amide bonds. The summed E-state index contributed by atoms with van der Waals surface area (Å²) in [6.07, 6.45) is 15.5. The fourth-order valence-electron chi connectivity index (χ4n) is 3.36. The van der Waals surface area contributed by atoms with Gasteiger partial charge in [-0.05, 0) is 48.6 Å². The maximum atomic E-state index is 12.9. The number of rotatable bonds is 8. The van der Waals surface area contributed by atoms with Gasteiger partial charge in [0.1, 0.15) is 11.6 Å². The van der Waals surface area contributed by atoms with Gasteiger partial charge in [0.05, 0.1) is 0 Å². The molecule has 0 fully saturated rings. The Morgan fingerprint density at radius 3 is 2.34 bits per heavy atom. The standard InChI is InChI=1S/C24H31N3O2/c1-5-6-7-8-13-27-23(28)21(19(4)22(16-25)24(27)29)10-9-20-11-14-26(15-12-20)17-18(2)3/h9-12,14-15,18H,5-8,13,17H2,1-4H3/b21-10-. The molecule has 154 valence electrons. The third-order valence-electron chi connectivity index (χ3n) is 5.00. The fourth-order valence-corrected chi connectivity index (χ4v) is 3.36. The fraction of sp³-hybridized carbons (Fsp3) is 0.458. The number of nitrogens with zero attached hydrogens (tertiary/aromatic N) is 3. The Morgan fingerprint density at radius 1 is 1.07 bits per heavy atom. The lowest BCUT2D eigenvalue weighted by molar-refractivity contribution is -0.140. The van der Waals surface area contributed by atoms with Crippen LogP contribution in [-0.2, 0) is 9.59 Å². The summed E-state index contributed by atoms with van der Waals surface area (Å²) < 4.78 is 0. The van der Waals surface area contributed by atoms with E-state index in [1.807, 2.05) is 36.7 Å². The predicted molar refractivity (Wildman–Crippen MR) is 115 cm³/mol. The van der Waals surface area contributed by atoms with Crippen molar-refractivity contribution in [2.45, 2.75) is 53.4 Å². The highest BCUT2D eigenvalue weighted by atomic mass is 16.2. The van der Waals surface area contributed by atoms with Gasteiger partial charge in [0.25, 0.3) is 11.8 Å². The minimum Gasteiger partial charge on any atom is -0.354 e. The molecule has 0 saturated carbocycles. The lowest BCUT2D eigenvalue weighted by atomic mass is 9.94. The Kier molecular flexibility index (Phi) is 8.21. The molecule has 0 aromatic carbocycles. The molecule has 5 heteroatoms. The van der Waals surface area contributed by atoms with Gasteiger partial charge in [0.2, 0.25) is 0 Å². The summed E-state index contributed by atoms with van der Waals surface area (Å²) in [7, 11) is 0. The second-order valence-electron chi connectivity index (χ2n) is 7.90. The van der Waals surface area contributed by atoms with Crippen molar-refractivity contribution in [3.63, 3.8) is 0 Å². The van der Waals surface area contributed by atoms with Crippen LogP contribution in [0, 0.1) is 17.2 Å². The van der Waals surface area contributed by atoms with Crippen LogP contribution in [0.3, 0.4) is 0 Å². The minimum absolute atomic E-state index is 0.0579. The van der Waals surface area contributed by atoms with Crippen molar-refractivity contribution in [1.82, 2.24) is 9.80 Å². The summed E-state index contributed by atoms with van der Waals surface area (Å²) in [6.45, 7) is 9.43. The van der Waals surface area contributed by atoms with Crippen molar-refractivity contribution < 1.29 is 9.59 Å². The van der Waals surface area contributed by atoms with Crippen molar-refractivity contribution in [3.05, 3.63) is 59.0 Å². The zero-order chi connectivity index (χ0) is 21.4. The number of imide groups is 1. The summed E-state index contributed by atoms with van der Waals surface area (Å²) >= 11 is 0. The van der Waals surface area contributed by atoms with Gasteiger partial charge in [-0.15, -0.1) is 0 Å². The molecule has 2 heterocycles. The number of unbranched alkanes of at least 4 members (excludes halogenated alkanes) is 3. The van der Waals surface area contributed by atoms with E-state index in [0.29, 0.717) is 23.6 Å². The van der Waals surface area contributed by atoms with Gasteiger partial charge in [0.15, 0.2) is 0 Å². The quantitative estimate of drug-likeness (QED) is 0.343. The molecule has 2 aliphatic rings. The van der Waals surface area contributed by atoms with E-state index >= 15 is 0 Å². The average Bonchev–Trinajstić information content (AvgIpc) is 2.68. The first kappa shape index (κ1) is 22.4. The van der Waals surface area contributed by atoms with Gasteiger partial charge in [-0.25, -0.2) is 0 Å². The van der Waals surface area contributed by atoms with Gasteiger partial charge in [-0.1, -0.05) is 46.1 Å². The normalized spacial score (nSPS) is 18.3. The smallest absolute Gasteiger partial charge is 0.271 e. The maximum absolute atomic E-state index is 12.9. The van der Waals surface area contributed by atoms with Crippen LogP contribution in [0.25, 0.3) is 0 Å². The Balaban J connectivity index is 2.22. The van der Waals surface area contributed by atoms with Crippen LogP contribution in [-0.4, -0.2) is 34.7 Å². The highest BCUT2D eigenvalue weighted by Crippen LogP contribution is 2.26. The first-order valence-electron chi connectivity index (χ1n) is 10.4. The van der Waals surface area contributed by atoms with Crippen LogP contribution in [0.5, 0.6) is 0 Å².